The molecule has 1 heterocycles. The van der Waals surface area contributed by atoms with Crippen LogP contribution in [0.4, 0.5) is 26.3 Å². The van der Waals surface area contributed by atoms with Crippen LogP contribution in [0, 0.1) is 0 Å². The summed E-state index contributed by atoms with van der Waals surface area (Å²) in [5.74, 6) is -2.20. The molecule has 0 saturated heterocycles. The Hall–Kier alpha value is -3.43. The molecule has 3 rings (SSSR count). The number of Topliss-reactive ketones (excluding diaryl/α,β-unsaturated/α-hetero) is 1. The van der Waals surface area contributed by atoms with Crippen molar-refractivity contribution in [2.45, 2.75) is 31.1 Å². The number of carbonyl (C=O) groups is 1. The van der Waals surface area contributed by atoms with Crippen molar-refractivity contribution in [2.75, 3.05) is 0 Å². The molecule has 1 N–H and O–H groups in total. The molecule has 0 saturated carbocycles. The Kier molecular flexibility index (Phi) is 6.52. The van der Waals surface area contributed by atoms with Crippen molar-refractivity contribution < 1.29 is 31.1 Å². The summed E-state index contributed by atoms with van der Waals surface area (Å²) in [6.07, 6.45) is -11.4. The van der Waals surface area contributed by atoms with E-state index in [9.17, 15) is 35.9 Å². The molecule has 0 unspecified atom stereocenters. The summed E-state index contributed by atoms with van der Waals surface area (Å²) in [4.78, 5) is 31.2. The molecule has 0 aliphatic carbocycles. The second-order valence-electron chi connectivity index (χ2n) is 7.11. The minimum atomic E-state index is -4.66. The molecule has 0 radical (unpaired) electrons. The Morgan fingerprint density at radius 2 is 1.56 bits per heavy atom. The third-order valence-electron chi connectivity index (χ3n) is 4.69. The van der Waals surface area contributed by atoms with Gasteiger partial charge in [-0.05, 0) is 23.6 Å². The van der Waals surface area contributed by atoms with Crippen LogP contribution in [0.3, 0.4) is 0 Å². The first-order valence-electron chi connectivity index (χ1n) is 9.36. The van der Waals surface area contributed by atoms with Gasteiger partial charge in [0.15, 0.2) is 5.78 Å². The van der Waals surface area contributed by atoms with Crippen LogP contribution in [0.5, 0.6) is 0 Å². The third kappa shape index (κ3) is 6.05. The number of ketones is 1. The van der Waals surface area contributed by atoms with E-state index in [1.54, 1.807) is 30.3 Å². The van der Waals surface area contributed by atoms with Gasteiger partial charge in [0.25, 0.3) is 5.56 Å². The van der Waals surface area contributed by atoms with E-state index >= 15 is 0 Å². The average molecular weight is 454 g/mol. The highest BCUT2D eigenvalue weighted by Gasteiger charge is 2.35. The van der Waals surface area contributed by atoms with E-state index in [0.717, 1.165) is 18.2 Å². The minimum absolute atomic E-state index is 0.0724. The van der Waals surface area contributed by atoms with Crippen LogP contribution >= 0.6 is 0 Å². The molecule has 10 heteroatoms. The quantitative estimate of drug-likeness (QED) is 0.380. The van der Waals surface area contributed by atoms with Gasteiger partial charge in [0, 0.05) is 18.1 Å². The van der Waals surface area contributed by atoms with E-state index < -0.39 is 48.0 Å². The van der Waals surface area contributed by atoms with Crippen molar-refractivity contribution in [3.8, 4) is 11.4 Å². The predicted molar refractivity (Wildman–Crippen MR) is 104 cm³/mol. The number of nitrogens with one attached hydrogen (secondary N) is 1. The van der Waals surface area contributed by atoms with Gasteiger partial charge in [-0.15, -0.1) is 0 Å². The predicted octanol–water partition coefficient (Wildman–Crippen LogP) is 5.76. The number of H-pyrrole nitrogens is 1. The molecular weight excluding hydrogens is 438 g/mol. The molecule has 3 aromatic rings. The number of benzene rings is 2. The van der Waals surface area contributed by atoms with Crippen LogP contribution in [-0.2, 0) is 6.18 Å². The SMILES string of the molecule is O=C(C[C@H](CC(F)(F)F)c1ccc(C(F)(F)F)cc1)c1cc(=O)[nH]c(-c2ccccc2)n1. The molecule has 32 heavy (non-hydrogen) atoms. The first kappa shape index (κ1) is 23.2. The number of carbonyl (C=O) groups excluding carboxylic acids is 1. The molecule has 2 aromatic carbocycles. The smallest absolute Gasteiger partial charge is 0.306 e. The van der Waals surface area contributed by atoms with Crippen molar-refractivity contribution in [1.82, 2.24) is 9.97 Å². The number of aromatic amines is 1. The van der Waals surface area contributed by atoms with Crippen LogP contribution in [0.25, 0.3) is 11.4 Å². The van der Waals surface area contributed by atoms with Gasteiger partial charge in [-0.25, -0.2) is 4.98 Å². The van der Waals surface area contributed by atoms with Crippen LogP contribution in [0.1, 0.15) is 40.4 Å². The van der Waals surface area contributed by atoms with Crippen LogP contribution in [-0.4, -0.2) is 21.9 Å². The van der Waals surface area contributed by atoms with Crippen molar-refractivity contribution in [1.29, 1.82) is 0 Å². The number of halogens is 6. The Morgan fingerprint density at radius 3 is 2.12 bits per heavy atom. The number of hydrogen-bond acceptors (Lipinski definition) is 3. The fourth-order valence-corrected chi connectivity index (χ4v) is 3.19. The van der Waals surface area contributed by atoms with Crippen molar-refractivity contribution in [2.24, 2.45) is 0 Å². The Morgan fingerprint density at radius 1 is 0.938 bits per heavy atom. The van der Waals surface area contributed by atoms with Crippen LogP contribution in [0.2, 0.25) is 0 Å². The Balaban J connectivity index is 1.91. The zero-order valence-electron chi connectivity index (χ0n) is 16.3. The molecular formula is C22H16F6N2O2. The second kappa shape index (κ2) is 8.97. The summed E-state index contributed by atoms with van der Waals surface area (Å²) in [5.41, 5.74) is -1.58. The van der Waals surface area contributed by atoms with Gasteiger partial charge >= 0.3 is 12.4 Å². The number of hydrogen-bond donors (Lipinski definition) is 1. The number of aromatic nitrogens is 2. The summed E-state index contributed by atoms with van der Waals surface area (Å²) in [6, 6.07) is 12.4. The van der Waals surface area contributed by atoms with Gasteiger partial charge in [0.05, 0.1) is 12.0 Å². The van der Waals surface area contributed by atoms with E-state index in [1.807, 2.05) is 0 Å². The maximum Gasteiger partial charge on any atom is 0.416 e. The maximum atomic E-state index is 13.1. The highest BCUT2D eigenvalue weighted by Crippen LogP contribution is 2.36. The molecule has 0 aliphatic rings. The normalized spacial score (nSPS) is 13.1. The van der Waals surface area contributed by atoms with Crippen molar-refractivity contribution in [3.05, 3.63) is 87.8 Å². The molecule has 0 bridgehead atoms. The molecule has 4 nitrogen and oxygen atoms in total. The van der Waals surface area contributed by atoms with Crippen molar-refractivity contribution in [3.63, 3.8) is 0 Å². The highest BCUT2D eigenvalue weighted by molar-refractivity contribution is 5.95. The fourth-order valence-electron chi connectivity index (χ4n) is 3.19. The molecule has 168 valence electrons. The summed E-state index contributed by atoms with van der Waals surface area (Å²) in [7, 11) is 0. The maximum absolute atomic E-state index is 13.1. The van der Waals surface area contributed by atoms with E-state index in [4.69, 9.17) is 0 Å². The Labute approximate surface area is 177 Å². The number of rotatable bonds is 6. The van der Waals surface area contributed by atoms with Gasteiger partial charge in [0.2, 0.25) is 0 Å². The van der Waals surface area contributed by atoms with Crippen LogP contribution in [0.15, 0.2) is 65.5 Å². The monoisotopic (exact) mass is 454 g/mol. The summed E-state index contributed by atoms with van der Waals surface area (Å²) >= 11 is 0. The lowest BCUT2D eigenvalue weighted by atomic mass is 9.89. The molecule has 1 aromatic heterocycles. The zero-order chi connectivity index (χ0) is 23.5. The first-order valence-corrected chi connectivity index (χ1v) is 9.36. The first-order chi connectivity index (χ1) is 14.9. The topological polar surface area (TPSA) is 62.8 Å². The van der Waals surface area contributed by atoms with E-state index in [1.165, 1.54) is 0 Å². The minimum Gasteiger partial charge on any atom is -0.306 e. The summed E-state index contributed by atoms with van der Waals surface area (Å²) in [5, 5.41) is 0. The Bertz CT molecular complexity index is 1140. The molecule has 0 aliphatic heterocycles. The molecule has 0 fully saturated rings. The van der Waals surface area contributed by atoms with Gasteiger partial charge in [0.1, 0.15) is 11.5 Å². The van der Waals surface area contributed by atoms with Gasteiger partial charge in [-0.2, -0.15) is 26.3 Å². The number of nitrogens with zero attached hydrogens (tertiary/aromatic N) is 1. The summed E-state index contributed by atoms with van der Waals surface area (Å²) in [6.45, 7) is 0. The lowest BCUT2D eigenvalue weighted by molar-refractivity contribution is -0.139. The standard InChI is InChI=1S/C22H16F6N2O2/c23-21(24,25)12-15(13-6-8-16(9-7-13)22(26,27)28)10-18(31)17-11-19(32)30-20(29-17)14-4-2-1-3-5-14/h1-9,11,15H,10,12H2,(H,29,30,32)/t15-/m1/s1. The van der Waals surface area contributed by atoms with E-state index in [2.05, 4.69) is 9.97 Å². The second-order valence-corrected chi connectivity index (χ2v) is 7.11. The lowest BCUT2D eigenvalue weighted by Crippen LogP contribution is -2.19. The van der Waals surface area contributed by atoms with E-state index in [0.29, 0.717) is 17.7 Å². The van der Waals surface area contributed by atoms with E-state index in [-0.39, 0.29) is 17.1 Å². The van der Waals surface area contributed by atoms with Gasteiger partial charge < -0.3 is 4.98 Å². The van der Waals surface area contributed by atoms with Crippen LogP contribution < -0.4 is 5.56 Å². The molecule has 1 atom stereocenters. The average Bonchev–Trinajstić information content (AvgIpc) is 2.72. The van der Waals surface area contributed by atoms with Gasteiger partial charge in [-0.3, -0.25) is 9.59 Å². The molecule has 0 amide bonds. The lowest BCUT2D eigenvalue weighted by Gasteiger charge is -2.19. The zero-order valence-corrected chi connectivity index (χ0v) is 16.3. The highest BCUT2D eigenvalue weighted by atomic mass is 19.4. The third-order valence-corrected chi connectivity index (χ3v) is 4.69. The van der Waals surface area contributed by atoms with Gasteiger partial charge in [-0.1, -0.05) is 42.5 Å². The fraction of sp³-hybridized carbons (Fsp3) is 0.227. The summed E-state index contributed by atoms with van der Waals surface area (Å²) < 4.78 is 77.6. The number of alkyl halides is 6. The largest absolute Gasteiger partial charge is 0.416 e. The molecule has 0 spiro atoms. The van der Waals surface area contributed by atoms with Crippen molar-refractivity contribution >= 4 is 5.78 Å².